The Morgan fingerprint density at radius 3 is 2.70 bits per heavy atom. The average molecular weight is 456 g/mol. The van der Waals surface area contributed by atoms with Crippen LogP contribution in [0, 0.1) is 0 Å². The normalized spacial score (nSPS) is 31.3. The van der Waals surface area contributed by atoms with Crippen LogP contribution in [-0.4, -0.2) is 37.6 Å². The molecule has 11 heteroatoms. The molecule has 2 aromatic rings. The third-order valence-corrected chi connectivity index (χ3v) is 10.2. The molecule has 1 fully saturated rings. The number of esters is 1. The van der Waals surface area contributed by atoms with Gasteiger partial charge in [0.15, 0.2) is 0 Å². The Bertz CT molecular complexity index is 955. The van der Waals surface area contributed by atoms with Gasteiger partial charge in [-0.1, -0.05) is 31.2 Å². The monoisotopic (exact) mass is 456 g/mol. The van der Waals surface area contributed by atoms with Crippen LogP contribution in [0.5, 0.6) is 5.75 Å². The van der Waals surface area contributed by atoms with Crippen LogP contribution < -0.4 is 4.74 Å². The first-order chi connectivity index (χ1) is 14.1. The van der Waals surface area contributed by atoms with E-state index in [2.05, 4.69) is 4.98 Å². The number of rotatable bonds is 6. The molecule has 1 aliphatic heterocycles. The summed E-state index contributed by atoms with van der Waals surface area (Å²) in [6.07, 6.45) is 1.80. The van der Waals surface area contributed by atoms with Gasteiger partial charge in [-0.15, -0.1) is 0 Å². The highest BCUT2D eigenvalue weighted by molar-refractivity contribution is 7.79. The lowest BCUT2D eigenvalue weighted by Crippen LogP contribution is -2.40. The fraction of sp³-hybridized carbons (Fsp3) is 0.368. The minimum atomic E-state index is -4.82. The minimum Gasteiger partial charge on any atom is -0.426 e. The van der Waals surface area contributed by atoms with Crippen LogP contribution in [-0.2, 0) is 24.8 Å². The highest BCUT2D eigenvalue weighted by atomic mass is 31.3. The number of pyridine rings is 1. The number of carbonyl (C=O) groups excluding carboxylic acids is 1. The Labute approximate surface area is 174 Å². The summed E-state index contributed by atoms with van der Waals surface area (Å²) in [7, 11) is -8.71. The molecule has 0 aliphatic carbocycles. The quantitative estimate of drug-likeness (QED) is 0.340. The Balaban J connectivity index is 1.93. The van der Waals surface area contributed by atoms with Crippen LogP contribution in [0.15, 0.2) is 48.8 Å². The lowest BCUT2D eigenvalue weighted by molar-refractivity contribution is -0.134. The Morgan fingerprint density at radius 1 is 1.33 bits per heavy atom. The average Bonchev–Trinajstić information content (AvgIpc) is 2.67. The van der Waals surface area contributed by atoms with Crippen LogP contribution in [0.2, 0.25) is 0 Å². The first kappa shape index (κ1) is 23.0. The van der Waals surface area contributed by atoms with Gasteiger partial charge in [-0.25, -0.2) is 4.89 Å². The van der Waals surface area contributed by atoms with E-state index in [1.165, 1.54) is 31.2 Å². The molecule has 0 bridgehead atoms. The van der Waals surface area contributed by atoms with Crippen molar-refractivity contribution in [2.75, 3.05) is 6.66 Å². The molecule has 9 nitrogen and oxygen atoms in total. The molecule has 1 aromatic heterocycles. The van der Waals surface area contributed by atoms with Crippen molar-refractivity contribution >= 4 is 21.3 Å². The fourth-order valence-corrected chi connectivity index (χ4v) is 7.39. The van der Waals surface area contributed by atoms with Gasteiger partial charge < -0.3 is 14.7 Å². The number of aliphatic hydroxyl groups is 1. The highest BCUT2D eigenvalue weighted by Gasteiger charge is 2.74. The molecule has 0 radical (unpaired) electrons. The largest absolute Gasteiger partial charge is 0.426 e. The van der Waals surface area contributed by atoms with Gasteiger partial charge in [-0.3, -0.25) is 18.9 Å². The molecule has 162 valence electrons. The standard InChI is InChI=1S/C19H23NO8P2/c1-3-7-17(21)26-16-10-5-4-9-15(16)18-27-29(2,23)19(22,30(24,25)28-18)12-14-8-6-11-20-13-14/h4-6,8-11,13,18,22-23H,3,7,12H2,1-2H3/p+1. The van der Waals surface area contributed by atoms with Gasteiger partial charge in [-0.05, 0) is 24.1 Å². The van der Waals surface area contributed by atoms with E-state index in [1.54, 1.807) is 24.3 Å². The van der Waals surface area contributed by atoms with Crippen LogP contribution in [0.4, 0.5) is 0 Å². The van der Waals surface area contributed by atoms with Crippen LogP contribution in [0.1, 0.15) is 37.2 Å². The molecule has 0 spiro atoms. The smallest absolute Gasteiger partial charge is 0.407 e. The summed E-state index contributed by atoms with van der Waals surface area (Å²) in [4.78, 5) is 37.4. The van der Waals surface area contributed by atoms with Gasteiger partial charge >= 0.3 is 26.4 Å². The summed E-state index contributed by atoms with van der Waals surface area (Å²) in [6, 6.07) is 9.39. The molecule has 1 aromatic carbocycles. The number of para-hydroxylation sites is 1. The summed E-state index contributed by atoms with van der Waals surface area (Å²) < 4.78 is 29.3. The van der Waals surface area contributed by atoms with E-state index in [4.69, 9.17) is 13.8 Å². The molecular weight excluding hydrogens is 432 g/mol. The van der Waals surface area contributed by atoms with E-state index in [-0.39, 0.29) is 17.7 Å². The van der Waals surface area contributed by atoms with Gasteiger partial charge in [0.2, 0.25) is 6.29 Å². The van der Waals surface area contributed by atoms with E-state index in [9.17, 15) is 24.3 Å². The highest BCUT2D eigenvalue weighted by Crippen LogP contribution is 2.83. The molecule has 0 amide bonds. The van der Waals surface area contributed by atoms with Crippen molar-refractivity contribution in [1.82, 2.24) is 4.98 Å². The van der Waals surface area contributed by atoms with Crippen molar-refractivity contribution in [3.05, 3.63) is 59.9 Å². The SMILES string of the molecule is CCCC(=O)Oc1ccccc1C1OP(=O)(O)C(O)(Cc2cccnc2)[P+](C)(O)O1. The van der Waals surface area contributed by atoms with E-state index < -0.39 is 39.1 Å². The van der Waals surface area contributed by atoms with E-state index in [0.29, 0.717) is 12.0 Å². The van der Waals surface area contributed by atoms with Crippen molar-refractivity contribution < 1.29 is 38.0 Å². The summed E-state index contributed by atoms with van der Waals surface area (Å²) in [5.41, 5.74) is 0.578. The van der Waals surface area contributed by atoms with E-state index in [0.717, 1.165) is 0 Å². The maximum atomic E-state index is 13.1. The summed E-state index contributed by atoms with van der Waals surface area (Å²) in [5, 5.41) is 8.50. The maximum Gasteiger partial charge on any atom is 0.407 e. The van der Waals surface area contributed by atoms with Crippen molar-refractivity contribution in [3.8, 4) is 5.75 Å². The van der Waals surface area contributed by atoms with Gasteiger partial charge in [0.25, 0.3) is 0 Å². The maximum absolute atomic E-state index is 13.1. The number of nitrogens with zero attached hydrogens (tertiary/aromatic N) is 1. The number of ether oxygens (including phenoxy) is 1. The third kappa shape index (κ3) is 4.48. The lowest BCUT2D eigenvalue weighted by Gasteiger charge is -2.41. The zero-order valence-electron chi connectivity index (χ0n) is 16.5. The second-order valence-corrected chi connectivity index (χ2v) is 12.1. The van der Waals surface area contributed by atoms with Gasteiger partial charge in [0, 0.05) is 18.8 Å². The van der Waals surface area contributed by atoms with Crippen molar-refractivity contribution in [1.29, 1.82) is 0 Å². The first-order valence-electron chi connectivity index (χ1n) is 9.29. The van der Waals surface area contributed by atoms with Crippen LogP contribution in [0.25, 0.3) is 0 Å². The topological polar surface area (TPSA) is 135 Å². The zero-order valence-corrected chi connectivity index (χ0v) is 18.3. The first-order valence-corrected chi connectivity index (χ1v) is 13.0. The summed E-state index contributed by atoms with van der Waals surface area (Å²) in [5.74, 6) is -0.402. The van der Waals surface area contributed by atoms with Crippen molar-refractivity contribution in [2.45, 2.75) is 37.6 Å². The second kappa shape index (κ2) is 8.81. The van der Waals surface area contributed by atoms with Gasteiger partial charge in [0.05, 0.1) is 12.0 Å². The molecule has 4 unspecified atom stereocenters. The molecule has 3 N–H and O–H groups in total. The number of hydrogen-bond donors (Lipinski definition) is 3. The fourth-order valence-electron chi connectivity index (χ4n) is 3.02. The molecular formula is C19H24NO8P2+. The van der Waals surface area contributed by atoms with Gasteiger partial charge in [0.1, 0.15) is 12.4 Å². The molecule has 4 atom stereocenters. The lowest BCUT2D eigenvalue weighted by atomic mass is 10.2. The number of carbonyl (C=O) groups is 1. The number of benzene rings is 1. The zero-order chi connectivity index (χ0) is 22.0. The summed E-state index contributed by atoms with van der Waals surface area (Å²) in [6.45, 7) is 3.01. The number of hydrogen-bond acceptors (Lipinski definition) is 8. The third-order valence-electron chi connectivity index (χ3n) is 4.67. The molecule has 3 rings (SSSR count). The Morgan fingerprint density at radius 2 is 2.07 bits per heavy atom. The molecule has 1 aliphatic rings. The predicted octanol–water partition coefficient (Wildman–Crippen LogP) is 3.38. The molecule has 0 saturated carbocycles. The molecule has 30 heavy (non-hydrogen) atoms. The Kier molecular flexibility index (Phi) is 6.75. The van der Waals surface area contributed by atoms with Crippen LogP contribution in [0.3, 0.4) is 0 Å². The van der Waals surface area contributed by atoms with Gasteiger partial charge in [-0.2, -0.15) is 4.52 Å². The van der Waals surface area contributed by atoms with Crippen molar-refractivity contribution in [2.24, 2.45) is 0 Å². The summed E-state index contributed by atoms with van der Waals surface area (Å²) >= 11 is 0. The van der Waals surface area contributed by atoms with Crippen molar-refractivity contribution in [3.63, 3.8) is 0 Å². The Hall–Kier alpha value is -1.70. The predicted molar refractivity (Wildman–Crippen MR) is 110 cm³/mol. The molecule has 1 saturated heterocycles. The minimum absolute atomic E-state index is 0.0821. The molecule has 2 heterocycles. The van der Waals surface area contributed by atoms with Crippen LogP contribution >= 0.6 is 15.3 Å². The second-order valence-electron chi connectivity index (χ2n) is 7.02. The van der Waals surface area contributed by atoms with E-state index >= 15 is 0 Å². The number of aromatic nitrogens is 1. The van der Waals surface area contributed by atoms with E-state index in [1.807, 2.05) is 6.92 Å².